The van der Waals surface area contributed by atoms with Gasteiger partial charge in [0.25, 0.3) is 0 Å². The van der Waals surface area contributed by atoms with Gasteiger partial charge in [-0.3, -0.25) is 0 Å². The average Bonchev–Trinajstić information content (AvgIpc) is 2.48. The van der Waals surface area contributed by atoms with Crippen LogP contribution in [-0.4, -0.2) is 16.5 Å². The van der Waals surface area contributed by atoms with Crippen molar-refractivity contribution in [2.45, 2.75) is 33.7 Å². The third-order valence-corrected chi connectivity index (χ3v) is 3.37. The fourth-order valence-electron chi connectivity index (χ4n) is 2.23. The average molecular weight is 270 g/mol. The predicted molar refractivity (Wildman–Crippen MR) is 84.1 cm³/mol. The molecule has 0 radical (unpaired) electrons. The summed E-state index contributed by atoms with van der Waals surface area (Å²) >= 11 is 0. The maximum Gasteiger partial charge on any atom is 0.134 e. The molecular formula is C16H22N4. The van der Waals surface area contributed by atoms with Crippen molar-refractivity contribution in [3.8, 4) is 0 Å². The monoisotopic (exact) mass is 270 g/mol. The molecule has 0 spiro atoms. The van der Waals surface area contributed by atoms with Gasteiger partial charge in [-0.2, -0.15) is 0 Å². The van der Waals surface area contributed by atoms with Gasteiger partial charge in [0, 0.05) is 18.7 Å². The van der Waals surface area contributed by atoms with E-state index in [4.69, 9.17) is 0 Å². The summed E-state index contributed by atoms with van der Waals surface area (Å²) in [5.41, 5.74) is 3.75. The molecule has 0 fully saturated rings. The number of benzene rings is 1. The minimum atomic E-state index is 0.785. The van der Waals surface area contributed by atoms with Crippen LogP contribution in [0.1, 0.15) is 30.5 Å². The minimum absolute atomic E-state index is 0.785. The van der Waals surface area contributed by atoms with Crippen LogP contribution < -0.4 is 10.6 Å². The Hall–Kier alpha value is -2.10. The Morgan fingerprint density at radius 3 is 2.25 bits per heavy atom. The molecule has 2 N–H and O–H groups in total. The van der Waals surface area contributed by atoms with Crippen molar-refractivity contribution in [2.24, 2.45) is 0 Å². The van der Waals surface area contributed by atoms with Crippen LogP contribution in [0.3, 0.4) is 0 Å². The highest BCUT2D eigenvalue weighted by Gasteiger charge is 2.06. The summed E-state index contributed by atoms with van der Waals surface area (Å²) in [6.45, 7) is 7.92. The van der Waals surface area contributed by atoms with Crippen molar-refractivity contribution >= 4 is 11.6 Å². The van der Waals surface area contributed by atoms with Gasteiger partial charge in [-0.1, -0.05) is 31.2 Å². The third-order valence-electron chi connectivity index (χ3n) is 3.37. The van der Waals surface area contributed by atoms with Crippen LogP contribution in [0.5, 0.6) is 0 Å². The van der Waals surface area contributed by atoms with E-state index < -0.39 is 0 Å². The van der Waals surface area contributed by atoms with Crippen LogP contribution in [0, 0.1) is 6.92 Å². The molecule has 1 aromatic carbocycles. The second-order valence-electron chi connectivity index (χ2n) is 4.70. The summed E-state index contributed by atoms with van der Waals surface area (Å²) in [5, 5.41) is 6.66. The molecular weight excluding hydrogens is 248 g/mol. The number of rotatable bonds is 6. The largest absolute Gasteiger partial charge is 0.370 e. The van der Waals surface area contributed by atoms with E-state index in [1.54, 1.807) is 6.33 Å². The van der Waals surface area contributed by atoms with Gasteiger partial charge >= 0.3 is 0 Å². The summed E-state index contributed by atoms with van der Waals surface area (Å²) in [6, 6.07) is 8.50. The zero-order chi connectivity index (χ0) is 14.4. The summed E-state index contributed by atoms with van der Waals surface area (Å²) in [6.07, 6.45) is 2.64. The Morgan fingerprint density at radius 1 is 0.950 bits per heavy atom. The van der Waals surface area contributed by atoms with Gasteiger partial charge in [0.05, 0.1) is 0 Å². The van der Waals surface area contributed by atoms with Crippen LogP contribution in [0.4, 0.5) is 11.6 Å². The minimum Gasteiger partial charge on any atom is -0.370 e. The molecule has 2 aromatic rings. The first kappa shape index (κ1) is 14.3. The Morgan fingerprint density at radius 2 is 1.60 bits per heavy atom. The second-order valence-corrected chi connectivity index (χ2v) is 4.70. The Kier molecular flexibility index (Phi) is 4.93. The Balaban J connectivity index is 2.13. The van der Waals surface area contributed by atoms with Crippen molar-refractivity contribution in [2.75, 3.05) is 17.2 Å². The first-order valence-corrected chi connectivity index (χ1v) is 7.12. The zero-order valence-corrected chi connectivity index (χ0v) is 12.4. The third kappa shape index (κ3) is 3.26. The smallest absolute Gasteiger partial charge is 0.134 e. The SMILES string of the molecule is CCNc1ncnc(NCc2ccccc2CC)c1C. The number of hydrogen-bond acceptors (Lipinski definition) is 4. The van der Waals surface area contributed by atoms with Crippen molar-refractivity contribution in [3.63, 3.8) is 0 Å². The molecule has 0 aliphatic heterocycles. The molecule has 2 rings (SSSR count). The molecule has 0 aliphatic rings. The maximum absolute atomic E-state index is 4.33. The Labute approximate surface area is 120 Å². The molecule has 4 heteroatoms. The van der Waals surface area contributed by atoms with Crippen LogP contribution in [0.2, 0.25) is 0 Å². The van der Waals surface area contributed by atoms with Crippen molar-refractivity contribution in [1.82, 2.24) is 9.97 Å². The molecule has 0 atom stereocenters. The number of aryl methyl sites for hydroxylation is 1. The first-order chi connectivity index (χ1) is 9.76. The van der Waals surface area contributed by atoms with Gasteiger partial charge in [-0.05, 0) is 31.4 Å². The molecule has 4 nitrogen and oxygen atoms in total. The maximum atomic E-state index is 4.33. The molecule has 0 saturated carbocycles. The molecule has 0 saturated heterocycles. The van der Waals surface area contributed by atoms with Gasteiger partial charge in [0.1, 0.15) is 18.0 Å². The highest BCUT2D eigenvalue weighted by molar-refractivity contribution is 5.56. The second kappa shape index (κ2) is 6.89. The molecule has 0 amide bonds. The van der Waals surface area contributed by atoms with Crippen LogP contribution in [-0.2, 0) is 13.0 Å². The van der Waals surface area contributed by atoms with E-state index in [1.807, 2.05) is 6.92 Å². The summed E-state index contributed by atoms with van der Waals surface area (Å²) in [5.74, 6) is 1.79. The molecule has 106 valence electrons. The molecule has 20 heavy (non-hydrogen) atoms. The van der Waals surface area contributed by atoms with E-state index in [1.165, 1.54) is 11.1 Å². The lowest BCUT2D eigenvalue weighted by Gasteiger charge is -2.13. The van der Waals surface area contributed by atoms with Gasteiger partial charge < -0.3 is 10.6 Å². The van der Waals surface area contributed by atoms with Crippen LogP contribution >= 0.6 is 0 Å². The molecule has 1 aromatic heterocycles. The highest BCUT2D eigenvalue weighted by atomic mass is 15.1. The molecule has 1 heterocycles. The molecule has 0 aliphatic carbocycles. The van der Waals surface area contributed by atoms with Crippen LogP contribution in [0.25, 0.3) is 0 Å². The summed E-state index contributed by atoms with van der Waals surface area (Å²) in [4.78, 5) is 8.58. The highest BCUT2D eigenvalue weighted by Crippen LogP contribution is 2.19. The predicted octanol–water partition coefficient (Wildman–Crippen LogP) is 3.39. The van der Waals surface area contributed by atoms with E-state index in [9.17, 15) is 0 Å². The quantitative estimate of drug-likeness (QED) is 0.844. The van der Waals surface area contributed by atoms with Crippen molar-refractivity contribution in [1.29, 1.82) is 0 Å². The lowest BCUT2D eigenvalue weighted by molar-refractivity contribution is 1.01. The van der Waals surface area contributed by atoms with Crippen molar-refractivity contribution < 1.29 is 0 Å². The fraction of sp³-hybridized carbons (Fsp3) is 0.375. The fourth-order valence-corrected chi connectivity index (χ4v) is 2.23. The number of nitrogens with zero attached hydrogens (tertiary/aromatic N) is 2. The number of anilines is 2. The van der Waals surface area contributed by atoms with Gasteiger partial charge in [-0.15, -0.1) is 0 Å². The zero-order valence-electron chi connectivity index (χ0n) is 12.4. The number of hydrogen-bond donors (Lipinski definition) is 2. The summed E-state index contributed by atoms with van der Waals surface area (Å²) in [7, 11) is 0. The Bertz CT molecular complexity index is 566. The molecule has 0 bridgehead atoms. The van der Waals surface area contributed by atoms with Gasteiger partial charge in [0.15, 0.2) is 0 Å². The van der Waals surface area contributed by atoms with Gasteiger partial charge in [-0.25, -0.2) is 9.97 Å². The lowest BCUT2D eigenvalue weighted by Crippen LogP contribution is -2.09. The topological polar surface area (TPSA) is 49.8 Å². The van der Waals surface area contributed by atoms with Crippen molar-refractivity contribution in [3.05, 3.63) is 47.3 Å². The van der Waals surface area contributed by atoms with E-state index in [-0.39, 0.29) is 0 Å². The number of nitrogens with one attached hydrogen (secondary N) is 2. The van der Waals surface area contributed by atoms with E-state index in [0.29, 0.717) is 0 Å². The van der Waals surface area contributed by atoms with Gasteiger partial charge in [0.2, 0.25) is 0 Å². The normalized spacial score (nSPS) is 10.3. The van der Waals surface area contributed by atoms with Crippen LogP contribution in [0.15, 0.2) is 30.6 Å². The van der Waals surface area contributed by atoms with E-state index >= 15 is 0 Å². The number of aromatic nitrogens is 2. The van der Waals surface area contributed by atoms with E-state index in [0.717, 1.165) is 36.7 Å². The van der Waals surface area contributed by atoms with E-state index in [2.05, 4.69) is 58.7 Å². The summed E-state index contributed by atoms with van der Waals surface area (Å²) < 4.78 is 0. The lowest BCUT2D eigenvalue weighted by atomic mass is 10.1. The standard InChI is InChI=1S/C16H22N4/c1-4-13-8-6-7-9-14(13)10-18-16-12(3)15(17-5-2)19-11-20-16/h6-9,11H,4-5,10H2,1-3H3,(H2,17,18,19,20). The molecule has 0 unspecified atom stereocenters. The first-order valence-electron chi connectivity index (χ1n) is 7.12.